The first kappa shape index (κ1) is 14.4. The molecule has 0 aliphatic carbocycles. The lowest BCUT2D eigenvalue weighted by Gasteiger charge is -2.09. The van der Waals surface area contributed by atoms with Crippen LogP contribution in [-0.2, 0) is 6.42 Å². The van der Waals surface area contributed by atoms with Crippen molar-refractivity contribution in [1.82, 2.24) is 4.98 Å². The molecular formula is C16H15ClN2O. The second-order valence-electron chi connectivity index (χ2n) is 4.42. The molecular weight excluding hydrogens is 272 g/mol. The van der Waals surface area contributed by atoms with Gasteiger partial charge in [0, 0.05) is 11.3 Å². The number of rotatable bonds is 4. The Labute approximate surface area is 123 Å². The van der Waals surface area contributed by atoms with Crippen LogP contribution in [0.15, 0.2) is 30.3 Å². The summed E-state index contributed by atoms with van der Waals surface area (Å²) in [4.78, 5) is 4.27. The maximum Gasteiger partial charge on any atom is 0.147 e. The molecule has 20 heavy (non-hydrogen) atoms. The highest BCUT2D eigenvalue weighted by Gasteiger charge is 2.12. The molecule has 4 heteroatoms. The molecule has 0 N–H and O–H groups in total. The van der Waals surface area contributed by atoms with Gasteiger partial charge in [0.15, 0.2) is 0 Å². The first-order valence-corrected chi connectivity index (χ1v) is 6.81. The van der Waals surface area contributed by atoms with Gasteiger partial charge in [0.2, 0.25) is 0 Å². The van der Waals surface area contributed by atoms with Crippen molar-refractivity contribution in [2.75, 3.05) is 7.11 Å². The largest absolute Gasteiger partial charge is 0.497 e. The van der Waals surface area contributed by atoms with Crippen LogP contribution in [0.3, 0.4) is 0 Å². The van der Waals surface area contributed by atoms with Crippen molar-refractivity contribution < 1.29 is 4.74 Å². The minimum atomic E-state index is 0.268. The zero-order chi connectivity index (χ0) is 14.5. The van der Waals surface area contributed by atoms with Gasteiger partial charge >= 0.3 is 0 Å². The van der Waals surface area contributed by atoms with Crippen LogP contribution in [0.1, 0.15) is 24.6 Å². The number of ether oxygens (including phenoxy) is 1. The van der Waals surface area contributed by atoms with Crippen molar-refractivity contribution >= 4 is 11.6 Å². The van der Waals surface area contributed by atoms with Crippen LogP contribution in [-0.4, -0.2) is 12.1 Å². The molecule has 2 aromatic rings. The van der Waals surface area contributed by atoms with Crippen LogP contribution in [0, 0.1) is 11.3 Å². The second-order valence-corrected chi connectivity index (χ2v) is 4.78. The van der Waals surface area contributed by atoms with Crippen LogP contribution in [0.25, 0.3) is 11.1 Å². The standard InChI is InChI=1S/C16H15ClN2O/c1-3-4-12-9-14(15(10-18)16(17)19-12)11-5-7-13(20-2)8-6-11/h5-9H,3-4H2,1-2H3. The molecule has 0 saturated heterocycles. The molecule has 1 aromatic heterocycles. The van der Waals surface area contributed by atoms with Gasteiger partial charge in [-0.2, -0.15) is 5.26 Å². The zero-order valence-electron chi connectivity index (χ0n) is 11.5. The first-order valence-electron chi connectivity index (χ1n) is 6.43. The van der Waals surface area contributed by atoms with E-state index in [4.69, 9.17) is 16.3 Å². The van der Waals surface area contributed by atoms with Crippen LogP contribution >= 0.6 is 11.6 Å². The molecule has 0 fully saturated rings. The number of methoxy groups -OCH3 is 1. The zero-order valence-corrected chi connectivity index (χ0v) is 12.2. The van der Waals surface area contributed by atoms with Gasteiger partial charge in [-0.05, 0) is 30.2 Å². The van der Waals surface area contributed by atoms with E-state index in [1.54, 1.807) is 7.11 Å². The summed E-state index contributed by atoms with van der Waals surface area (Å²) in [5.41, 5.74) is 3.07. The van der Waals surface area contributed by atoms with Crippen molar-refractivity contribution in [3.05, 3.63) is 46.7 Å². The molecule has 0 aliphatic rings. The topological polar surface area (TPSA) is 45.9 Å². The summed E-state index contributed by atoms with van der Waals surface area (Å²) in [5, 5.41) is 9.55. The summed E-state index contributed by atoms with van der Waals surface area (Å²) in [6.07, 6.45) is 1.83. The molecule has 0 atom stereocenters. The van der Waals surface area contributed by atoms with Crippen LogP contribution < -0.4 is 4.74 Å². The molecule has 0 aliphatic heterocycles. The molecule has 0 amide bonds. The van der Waals surface area contributed by atoms with Gasteiger partial charge in [0.1, 0.15) is 17.0 Å². The number of aromatic nitrogens is 1. The Morgan fingerprint density at radius 2 is 2.00 bits per heavy atom. The van der Waals surface area contributed by atoms with Crippen LogP contribution in [0.4, 0.5) is 0 Å². The summed E-state index contributed by atoms with van der Waals surface area (Å²) < 4.78 is 5.14. The lowest BCUT2D eigenvalue weighted by Crippen LogP contribution is -1.96. The van der Waals surface area contributed by atoms with Gasteiger partial charge in [-0.25, -0.2) is 4.98 Å². The molecule has 0 bridgehead atoms. The number of hydrogen-bond donors (Lipinski definition) is 0. The summed E-state index contributed by atoms with van der Waals surface area (Å²) in [6.45, 7) is 2.08. The minimum absolute atomic E-state index is 0.268. The number of halogens is 1. The fourth-order valence-corrected chi connectivity index (χ4v) is 2.31. The highest BCUT2D eigenvalue weighted by atomic mass is 35.5. The fourth-order valence-electron chi connectivity index (χ4n) is 2.05. The monoisotopic (exact) mass is 286 g/mol. The Morgan fingerprint density at radius 3 is 2.55 bits per heavy atom. The van der Waals surface area contributed by atoms with Crippen molar-refractivity contribution in [2.24, 2.45) is 0 Å². The lowest BCUT2D eigenvalue weighted by atomic mass is 10.00. The fraction of sp³-hybridized carbons (Fsp3) is 0.250. The van der Waals surface area contributed by atoms with Crippen LogP contribution in [0.5, 0.6) is 5.75 Å². The molecule has 0 saturated carbocycles. The van der Waals surface area contributed by atoms with Gasteiger partial charge in [0.25, 0.3) is 0 Å². The predicted molar refractivity (Wildman–Crippen MR) is 79.9 cm³/mol. The average Bonchev–Trinajstić information content (AvgIpc) is 2.47. The van der Waals surface area contributed by atoms with Gasteiger partial charge < -0.3 is 4.74 Å². The highest BCUT2D eigenvalue weighted by molar-refractivity contribution is 6.31. The average molecular weight is 287 g/mol. The summed E-state index contributed by atoms with van der Waals surface area (Å²) >= 11 is 6.12. The van der Waals surface area contributed by atoms with Crippen molar-refractivity contribution in [1.29, 1.82) is 5.26 Å². The van der Waals surface area contributed by atoms with E-state index < -0.39 is 0 Å². The first-order chi connectivity index (χ1) is 9.69. The van der Waals surface area contributed by atoms with E-state index in [-0.39, 0.29) is 5.15 Å². The van der Waals surface area contributed by atoms with Gasteiger partial charge in [-0.3, -0.25) is 0 Å². The van der Waals surface area contributed by atoms with E-state index >= 15 is 0 Å². The Kier molecular flexibility index (Phi) is 4.60. The van der Waals surface area contributed by atoms with Gasteiger partial charge in [-0.15, -0.1) is 0 Å². The Hall–Kier alpha value is -2.05. The van der Waals surface area contributed by atoms with E-state index in [1.807, 2.05) is 30.3 Å². The van der Waals surface area contributed by atoms with Crippen molar-refractivity contribution in [2.45, 2.75) is 19.8 Å². The van der Waals surface area contributed by atoms with Gasteiger partial charge in [-0.1, -0.05) is 37.1 Å². The van der Waals surface area contributed by atoms with Gasteiger partial charge in [0.05, 0.1) is 12.7 Å². The number of hydrogen-bond acceptors (Lipinski definition) is 3. The highest BCUT2D eigenvalue weighted by Crippen LogP contribution is 2.30. The number of pyridine rings is 1. The van der Waals surface area contributed by atoms with E-state index in [1.165, 1.54) is 0 Å². The molecule has 0 unspecified atom stereocenters. The number of nitrogens with zero attached hydrogens (tertiary/aromatic N) is 2. The molecule has 1 aromatic carbocycles. The third kappa shape index (κ3) is 2.92. The van der Waals surface area contributed by atoms with E-state index in [2.05, 4.69) is 18.0 Å². The lowest BCUT2D eigenvalue weighted by molar-refractivity contribution is 0.415. The Bertz CT molecular complexity index is 645. The number of aryl methyl sites for hydroxylation is 1. The Morgan fingerprint density at radius 1 is 1.30 bits per heavy atom. The van der Waals surface area contributed by atoms with E-state index in [0.717, 1.165) is 35.4 Å². The quantitative estimate of drug-likeness (QED) is 0.790. The molecule has 0 spiro atoms. The maximum absolute atomic E-state index is 9.28. The minimum Gasteiger partial charge on any atom is -0.497 e. The smallest absolute Gasteiger partial charge is 0.147 e. The summed E-state index contributed by atoms with van der Waals surface area (Å²) in [5.74, 6) is 0.779. The van der Waals surface area contributed by atoms with E-state index in [9.17, 15) is 5.26 Å². The summed E-state index contributed by atoms with van der Waals surface area (Å²) in [6, 6.07) is 11.6. The Balaban J connectivity index is 2.55. The van der Waals surface area contributed by atoms with Crippen LogP contribution in [0.2, 0.25) is 5.15 Å². The predicted octanol–water partition coefficient (Wildman–Crippen LogP) is 4.23. The third-order valence-corrected chi connectivity index (χ3v) is 3.32. The molecule has 102 valence electrons. The summed E-state index contributed by atoms with van der Waals surface area (Å²) in [7, 11) is 1.62. The normalized spacial score (nSPS) is 10.1. The number of nitriles is 1. The maximum atomic E-state index is 9.28. The molecule has 3 nitrogen and oxygen atoms in total. The molecule has 2 rings (SSSR count). The molecule has 0 radical (unpaired) electrons. The second kappa shape index (κ2) is 6.40. The van der Waals surface area contributed by atoms with Crippen molar-refractivity contribution in [3.8, 4) is 22.9 Å². The SMILES string of the molecule is CCCc1cc(-c2ccc(OC)cc2)c(C#N)c(Cl)n1. The van der Waals surface area contributed by atoms with E-state index in [0.29, 0.717) is 5.56 Å². The van der Waals surface area contributed by atoms with Crippen molar-refractivity contribution in [3.63, 3.8) is 0 Å². The molecule has 1 heterocycles. The third-order valence-electron chi connectivity index (χ3n) is 3.05. The number of benzene rings is 1.